The van der Waals surface area contributed by atoms with Gasteiger partial charge in [-0.05, 0) is 43.0 Å². The Kier molecular flexibility index (Phi) is 4.20. The van der Waals surface area contributed by atoms with E-state index in [1.165, 1.54) is 11.3 Å². The smallest absolute Gasteiger partial charge is 0.335 e. The van der Waals surface area contributed by atoms with Gasteiger partial charge >= 0.3 is 5.97 Å². The number of rotatable bonds is 4. The van der Waals surface area contributed by atoms with E-state index in [9.17, 15) is 15.0 Å². The summed E-state index contributed by atoms with van der Waals surface area (Å²) in [6, 6.07) is 8.64. The second-order valence-corrected chi connectivity index (χ2v) is 8.67. The first-order valence-corrected chi connectivity index (χ1v) is 10.3. The fraction of sp³-hybridized carbons (Fsp3) is 0.190. The molecule has 3 heterocycles. The van der Waals surface area contributed by atoms with Crippen LogP contribution in [0.25, 0.3) is 32.7 Å². The van der Waals surface area contributed by atoms with Gasteiger partial charge < -0.3 is 15.2 Å². The van der Waals surface area contributed by atoms with Crippen LogP contribution >= 0.6 is 22.9 Å². The van der Waals surface area contributed by atoms with E-state index in [-0.39, 0.29) is 5.56 Å². The van der Waals surface area contributed by atoms with Crippen molar-refractivity contribution in [1.82, 2.24) is 15.0 Å². The summed E-state index contributed by atoms with van der Waals surface area (Å²) in [7, 11) is 0. The molecule has 3 N–H and O–H groups in total. The molecule has 0 spiro atoms. The molecule has 1 aliphatic carbocycles. The average molecular weight is 426 g/mol. The number of benzene rings is 1. The summed E-state index contributed by atoms with van der Waals surface area (Å²) in [5, 5.41) is 21.9. The zero-order valence-corrected chi connectivity index (χ0v) is 16.7. The minimum absolute atomic E-state index is 0.216. The number of pyridine rings is 1. The minimum Gasteiger partial charge on any atom is -0.478 e. The molecule has 146 valence electrons. The summed E-state index contributed by atoms with van der Waals surface area (Å²) in [5.74, 6) is -0.976. The lowest BCUT2D eigenvalue weighted by atomic mass is 9.81. The summed E-state index contributed by atoms with van der Waals surface area (Å²) in [6.07, 6.45) is 5.79. The fourth-order valence-electron chi connectivity index (χ4n) is 3.61. The van der Waals surface area contributed by atoms with Gasteiger partial charge in [0, 0.05) is 29.0 Å². The Labute approximate surface area is 174 Å². The number of carboxylic acid groups (broad SMARTS) is 1. The summed E-state index contributed by atoms with van der Waals surface area (Å²) in [4.78, 5) is 24.2. The van der Waals surface area contributed by atoms with Crippen molar-refractivity contribution >= 4 is 39.9 Å². The van der Waals surface area contributed by atoms with E-state index in [1.54, 1.807) is 30.6 Å². The van der Waals surface area contributed by atoms with Crippen molar-refractivity contribution in [3.8, 4) is 21.7 Å². The van der Waals surface area contributed by atoms with Crippen LogP contribution in [0.5, 0.6) is 0 Å². The number of aromatic amines is 1. The second-order valence-electron chi connectivity index (χ2n) is 7.23. The number of aliphatic hydroxyl groups is 1. The Bertz CT molecular complexity index is 1260. The number of thiazole rings is 1. The summed E-state index contributed by atoms with van der Waals surface area (Å²) in [5.41, 5.74) is 2.35. The maximum absolute atomic E-state index is 11.3. The molecule has 8 heteroatoms. The van der Waals surface area contributed by atoms with Crippen molar-refractivity contribution < 1.29 is 15.0 Å². The number of aromatic carboxylic acids is 1. The van der Waals surface area contributed by atoms with Gasteiger partial charge in [-0.15, -0.1) is 11.3 Å². The number of hydrogen-bond acceptors (Lipinski definition) is 5. The molecule has 5 rings (SSSR count). The molecule has 29 heavy (non-hydrogen) atoms. The van der Waals surface area contributed by atoms with E-state index in [2.05, 4.69) is 15.0 Å². The molecule has 0 radical (unpaired) electrons. The Balaban J connectivity index is 1.63. The Morgan fingerprint density at radius 2 is 2.03 bits per heavy atom. The minimum atomic E-state index is -0.976. The van der Waals surface area contributed by atoms with Crippen LogP contribution < -0.4 is 0 Å². The molecule has 0 aliphatic heterocycles. The van der Waals surface area contributed by atoms with Gasteiger partial charge in [-0.2, -0.15) is 0 Å². The van der Waals surface area contributed by atoms with Crippen LogP contribution in [-0.2, 0) is 5.60 Å². The molecule has 6 nitrogen and oxygen atoms in total. The second kappa shape index (κ2) is 6.66. The lowest BCUT2D eigenvalue weighted by Crippen LogP contribution is -2.33. The molecular weight excluding hydrogens is 410 g/mol. The molecule has 1 fully saturated rings. The average Bonchev–Trinajstić information content (AvgIpc) is 3.33. The SMILES string of the molecule is O=C(O)c1cccc(-c2cc3c(-c4cnc(C5(O)CCC5)s4)c(Cl)cnc3[nH]2)c1. The summed E-state index contributed by atoms with van der Waals surface area (Å²) < 4.78 is 0. The van der Waals surface area contributed by atoms with Crippen LogP contribution in [0.2, 0.25) is 5.02 Å². The Morgan fingerprint density at radius 1 is 1.21 bits per heavy atom. The standard InChI is InChI=1S/C21H16ClN3O3S/c22-14-9-23-18-13(8-15(25-18)11-3-1-4-12(7-11)19(26)27)17(14)16-10-24-20(29-16)21(28)5-2-6-21/h1,3-4,7-10,28H,2,5-6H2,(H,23,25)(H,26,27). The maximum Gasteiger partial charge on any atom is 0.335 e. The molecule has 1 aliphatic rings. The topological polar surface area (TPSA) is 99.1 Å². The van der Waals surface area contributed by atoms with Crippen molar-refractivity contribution in [1.29, 1.82) is 0 Å². The highest BCUT2D eigenvalue weighted by molar-refractivity contribution is 7.15. The zero-order chi connectivity index (χ0) is 20.2. The largest absolute Gasteiger partial charge is 0.478 e. The van der Waals surface area contributed by atoms with Gasteiger partial charge in [0.1, 0.15) is 16.3 Å². The number of H-pyrrole nitrogens is 1. The van der Waals surface area contributed by atoms with Crippen LogP contribution in [0.4, 0.5) is 0 Å². The predicted octanol–water partition coefficient (Wildman–Crippen LogP) is 5.08. The number of halogens is 1. The summed E-state index contributed by atoms with van der Waals surface area (Å²) in [6.45, 7) is 0. The zero-order valence-electron chi connectivity index (χ0n) is 15.1. The quantitative estimate of drug-likeness (QED) is 0.423. The number of carboxylic acids is 1. The third-order valence-electron chi connectivity index (χ3n) is 5.36. The highest BCUT2D eigenvalue weighted by Crippen LogP contribution is 2.46. The number of fused-ring (bicyclic) bond motifs is 1. The normalized spacial score (nSPS) is 15.4. The van der Waals surface area contributed by atoms with Gasteiger partial charge in [-0.3, -0.25) is 0 Å². The summed E-state index contributed by atoms with van der Waals surface area (Å²) >= 11 is 7.94. The van der Waals surface area contributed by atoms with Crippen molar-refractivity contribution in [2.24, 2.45) is 0 Å². The monoisotopic (exact) mass is 425 g/mol. The third-order valence-corrected chi connectivity index (χ3v) is 6.86. The Hall–Kier alpha value is -2.74. The van der Waals surface area contributed by atoms with E-state index in [0.29, 0.717) is 15.7 Å². The van der Waals surface area contributed by atoms with E-state index >= 15 is 0 Å². The van der Waals surface area contributed by atoms with E-state index in [1.807, 2.05) is 12.1 Å². The van der Waals surface area contributed by atoms with Crippen LogP contribution in [0.1, 0.15) is 34.6 Å². The van der Waals surface area contributed by atoms with Crippen LogP contribution in [0.3, 0.4) is 0 Å². The van der Waals surface area contributed by atoms with E-state index < -0.39 is 11.6 Å². The van der Waals surface area contributed by atoms with Crippen molar-refractivity contribution in [3.05, 3.63) is 58.3 Å². The molecule has 1 aromatic carbocycles. The number of aromatic nitrogens is 3. The van der Waals surface area contributed by atoms with Crippen LogP contribution in [0.15, 0.2) is 42.7 Å². The third kappa shape index (κ3) is 3.02. The number of nitrogens with zero attached hydrogens (tertiary/aromatic N) is 2. The number of nitrogens with one attached hydrogen (secondary N) is 1. The highest BCUT2D eigenvalue weighted by Gasteiger charge is 2.39. The molecule has 4 aromatic rings. The first-order chi connectivity index (χ1) is 13.9. The van der Waals surface area contributed by atoms with E-state index in [4.69, 9.17) is 11.6 Å². The van der Waals surface area contributed by atoms with Crippen LogP contribution in [-0.4, -0.2) is 31.1 Å². The highest BCUT2D eigenvalue weighted by atomic mass is 35.5. The van der Waals surface area contributed by atoms with Gasteiger partial charge in [0.2, 0.25) is 0 Å². The number of carbonyl (C=O) groups is 1. The Morgan fingerprint density at radius 3 is 2.76 bits per heavy atom. The molecule has 3 aromatic heterocycles. The molecule has 1 saturated carbocycles. The van der Waals surface area contributed by atoms with E-state index in [0.717, 1.165) is 46.3 Å². The first kappa shape index (κ1) is 18.3. The van der Waals surface area contributed by atoms with Crippen molar-refractivity contribution in [2.45, 2.75) is 24.9 Å². The van der Waals surface area contributed by atoms with Crippen molar-refractivity contribution in [3.63, 3.8) is 0 Å². The van der Waals surface area contributed by atoms with Crippen molar-refractivity contribution in [2.75, 3.05) is 0 Å². The molecule has 0 atom stereocenters. The van der Waals surface area contributed by atoms with Gasteiger partial charge in [-0.25, -0.2) is 14.8 Å². The van der Waals surface area contributed by atoms with Gasteiger partial charge in [0.15, 0.2) is 0 Å². The first-order valence-electron chi connectivity index (χ1n) is 9.15. The molecule has 0 unspecified atom stereocenters. The van der Waals surface area contributed by atoms with Crippen LogP contribution in [0, 0.1) is 0 Å². The molecule has 0 amide bonds. The lowest BCUT2D eigenvalue weighted by molar-refractivity contribution is -0.0389. The van der Waals surface area contributed by atoms with Gasteiger partial charge in [-0.1, -0.05) is 23.7 Å². The molecular formula is C21H16ClN3O3S. The molecule has 0 saturated heterocycles. The lowest BCUT2D eigenvalue weighted by Gasteiger charge is -2.34. The number of hydrogen-bond donors (Lipinski definition) is 3. The molecule has 0 bridgehead atoms. The predicted molar refractivity (Wildman–Crippen MR) is 112 cm³/mol. The fourth-order valence-corrected chi connectivity index (χ4v) is 5.05. The van der Waals surface area contributed by atoms with Gasteiger partial charge in [0.05, 0.1) is 15.5 Å². The maximum atomic E-state index is 11.3. The van der Waals surface area contributed by atoms with Gasteiger partial charge in [0.25, 0.3) is 0 Å².